The molecule has 2 N–H and O–H groups in total. The molecule has 182 valence electrons. The molecule has 7 heteroatoms. The zero-order valence-corrected chi connectivity index (χ0v) is 21.7. The number of benzene rings is 3. The fourth-order valence-corrected chi connectivity index (χ4v) is 4.51. The topological polar surface area (TPSA) is 68.2 Å². The fraction of sp³-hybridized carbons (Fsp3) is 0.172. The number of fused-ring (bicyclic) bond motifs is 1. The van der Waals surface area contributed by atoms with Crippen LogP contribution in [0.1, 0.15) is 46.9 Å². The molecule has 0 saturated heterocycles. The van der Waals surface area contributed by atoms with Crippen LogP contribution >= 0.6 is 15.9 Å². The molecule has 6 nitrogen and oxygen atoms in total. The van der Waals surface area contributed by atoms with Crippen molar-refractivity contribution in [1.82, 2.24) is 9.78 Å². The van der Waals surface area contributed by atoms with Gasteiger partial charge in [0.15, 0.2) is 0 Å². The lowest BCUT2D eigenvalue weighted by atomic mass is 10.00. The SMILES string of the molecule is CCOc1ccc(NC(=O)c2cnn3c2NC(c2ccc(CC)cc2)=CC3c2ccc(Br)cc2)cc1. The predicted molar refractivity (Wildman–Crippen MR) is 147 cm³/mol. The van der Waals surface area contributed by atoms with Gasteiger partial charge in [-0.1, -0.05) is 59.3 Å². The summed E-state index contributed by atoms with van der Waals surface area (Å²) in [5.41, 5.74) is 5.51. The third kappa shape index (κ3) is 4.93. The van der Waals surface area contributed by atoms with Crippen LogP contribution in [-0.2, 0) is 6.42 Å². The highest BCUT2D eigenvalue weighted by atomic mass is 79.9. The van der Waals surface area contributed by atoms with Crippen molar-refractivity contribution in [3.8, 4) is 5.75 Å². The van der Waals surface area contributed by atoms with E-state index in [-0.39, 0.29) is 11.9 Å². The van der Waals surface area contributed by atoms with E-state index in [4.69, 9.17) is 4.74 Å². The van der Waals surface area contributed by atoms with Crippen LogP contribution in [0.25, 0.3) is 5.70 Å². The van der Waals surface area contributed by atoms with Gasteiger partial charge in [-0.15, -0.1) is 0 Å². The lowest BCUT2D eigenvalue weighted by Gasteiger charge is -2.26. The second kappa shape index (κ2) is 10.4. The third-order valence-electron chi connectivity index (χ3n) is 6.19. The minimum atomic E-state index is -0.231. The first-order valence-electron chi connectivity index (χ1n) is 12.0. The van der Waals surface area contributed by atoms with Crippen LogP contribution in [0.3, 0.4) is 0 Å². The maximum absolute atomic E-state index is 13.3. The number of anilines is 2. The maximum Gasteiger partial charge on any atom is 0.261 e. The number of amides is 1. The molecule has 1 unspecified atom stereocenters. The molecule has 0 aliphatic carbocycles. The maximum atomic E-state index is 13.3. The van der Waals surface area contributed by atoms with Gasteiger partial charge < -0.3 is 15.4 Å². The number of hydrogen-bond acceptors (Lipinski definition) is 4. The highest BCUT2D eigenvalue weighted by Gasteiger charge is 2.28. The summed E-state index contributed by atoms with van der Waals surface area (Å²) in [6.45, 7) is 4.68. The molecule has 1 aromatic heterocycles. The zero-order chi connectivity index (χ0) is 25.1. The number of aryl methyl sites for hydroxylation is 1. The van der Waals surface area contributed by atoms with Crippen molar-refractivity contribution in [2.45, 2.75) is 26.3 Å². The average Bonchev–Trinajstić information content (AvgIpc) is 3.34. The van der Waals surface area contributed by atoms with E-state index in [2.05, 4.69) is 81.1 Å². The molecule has 5 rings (SSSR count). The molecule has 4 aromatic rings. The third-order valence-corrected chi connectivity index (χ3v) is 6.72. The van der Waals surface area contributed by atoms with E-state index in [1.165, 1.54) is 5.56 Å². The molecule has 1 aliphatic heterocycles. The van der Waals surface area contributed by atoms with Gasteiger partial charge in [0, 0.05) is 15.9 Å². The number of hydrogen-bond donors (Lipinski definition) is 2. The second-order valence-corrected chi connectivity index (χ2v) is 9.43. The standard InChI is InChI=1S/C29H27BrN4O2/c1-3-19-5-7-20(8-6-19)26-17-27(21-9-11-22(30)12-10-21)34-28(33-26)25(18-31-34)29(35)32-23-13-15-24(16-14-23)36-4-2/h5-18,27,33H,3-4H2,1-2H3,(H,32,35). The number of rotatable bonds is 7. The highest BCUT2D eigenvalue weighted by molar-refractivity contribution is 9.10. The highest BCUT2D eigenvalue weighted by Crippen LogP contribution is 2.36. The monoisotopic (exact) mass is 542 g/mol. The van der Waals surface area contributed by atoms with E-state index in [0.717, 1.165) is 33.5 Å². The Hall–Kier alpha value is -3.84. The Morgan fingerprint density at radius 1 is 1.03 bits per heavy atom. The van der Waals surface area contributed by atoms with Gasteiger partial charge in [-0.2, -0.15) is 5.10 Å². The summed E-state index contributed by atoms with van der Waals surface area (Å²) in [6.07, 6.45) is 4.75. The number of aromatic nitrogens is 2. The largest absolute Gasteiger partial charge is 0.494 e. The van der Waals surface area contributed by atoms with Gasteiger partial charge in [-0.05, 0) is 72.5 Å². The second-order valence-electron chi connectivity index (χ2n) is 8.52. The van der Waals surface area contributed by atoms with E-state index in [1.807, 2.05) is 48.0 Å². The summed E-state index contributed by atoms with van der Waals surface area (Å²) in [5.74, 6) is 1.19. The van der Waals surface area contributed by atoms with Gasteiger partial charge in [0.05, 0.1) is 18.8 Å². The van der Waals surface area contributed by atoms with Crippen molar-refractivity contribution in [1.29, 1.82) is 0 Å². The van der Waals surface area contributed by atoms with E-state index in [1.54, 1.807) is 6.20 Å². The Balaban J connectivity index is 1.49. The van der Waals surface area contributed by atoms with Crippen molar-refractivity contribution in [3.63, 3.8) is 0 Å². The molecule has 3 aromatic carbocycles. The van der Waals surface area contributed by atoms with Crippen molar-refractivity contribution >= 4 is 39.0 Å². The quantitative estimate of drug-likeness (QED) is 0.266. The number of ether oxygens (including phenoxy) is 1. The molecule has 36 heavy (non-hydrogen) atoms. The Labute approximate surface area is 219 Å². The summed E-state index contributed by atoms with van der Waals surface area (Å²) in [5, 5.41) is 11.1. The van der Waals surface area contributed by atoms with Gasteiger partial charge in [0.25, 0.3) is 5.91 Å². The van der Waals surface area contributed by atoms with Gasteiger partial charge in [-0.3, -0.25) is 4.79 Å². The number of nitrogens with one attached hydrogen (secondary N) is 2. The Bertz CT molecular complexity index is 1390. The molecular weight excluding hydrogens is 516 g/mol. The minimum absolute atomic E-state index is 0.165. The Morgan fingerprint density at radius 3 is 2.42 bits per heavy atom. The van der Waals surface area contributed by atoms with Crippen LogP contribution < -0.4 is 15.4 Å². The van der Waals surface area contributed by atoms with Crippen LogP contribution in [0, 0.1) is 0 Å². The lowest BCUT2D eigenvalue weighted by Crippen LogP contribution is -2.22. The molecule has 0 fully saturated rings. The predicted octanol–water partition coefficient (Wildman–Crippen LogP) is 6.92. The van der Waals surface area contributed by atoms with Crippen LogP contribution in [-0.4, -0.2) is 22.3 Å². The van der Waals surface area contributed by atoms with Gasteiger partial charge in [0.1, 0.15) is 17.1 Å². The van der Waals surface area contributed by atoms with Crippen LogP contribution in [0.5, 0.6) is 5.75 Å². The smallest absolute Gasteiger partial charge is 0.261 e. The average molecular weight is 543 g/mol. The summed E-state index contributed by atoms with van der Waals surface area (Å²) < 4.78 is 8.37. The molecule has 0 spiro atoms. The van der Waals surface area contributed by atoms with Gasteiger partial charge >= 0.3 is 0 Å². The van der Waals surface area contributed by atoms with Gasteiger partial charge in [0.2, 0.25) is 0 Å². The number of allylic oxidation sites excluding steroid dienone is 1. The van der Waals surface area contributed by atoms with Crippen molar-refractivity contribution in [2.75, 3.05) is 17.2 Å². The first-order valence-corrected chi connectivity index (χ1v) is 12.8. The minimum Gasteiger partial charge on any atom is -0.494 e. The molecule has 1 amide bonds. The number of halogens is 1. The Kier molecular flexibility index (Phi) is 6.91. The van der Waals surface area contributed by atoms with Gasteiger partial charge in [-0.25, -0.2) is 4.68 Å². The molecule has 1 aliphatic rings. The first kappa shape index (κ1) is 23.9. The summed E-state index contributed by atoms with van der Waals surface area (Å²) in [7, 11) is 0. The van der Waals surface area contributed by atoms with Crippen LogP contribution in [0.15, 0.2) is 89.5 Å². The van der Waals surface area contributed by atoms with Crippen molar-refractivity contribution < 1.29 is 9.53 Å². The van der Waals surface area contributed by atoms with E-state index >= 15 is 0 Å². The summed E-state index contributed by atoms with van der Waals surface area (Å²) in [6, 6.07) is 23.9. The van der Waals surface area contributed by atoms with Crippen molar-refractivity contribution in [3.05, 3.63) is 112 Å². The van der Waals surface area contributed by atoms with Crippen LogP contribution in [0.2, 0.25) is 0 Å². The number of nitrogens with zero attached hydrogens (tertiary/aromatic N) is 2. The first-order chi connectivity index (χ1) is 17.6. The molecule has 0 bridgehead atoms. The Morgan fingerprint density at radius 2 is 1.75 bits per heavy atom. The van der Waals surface area contributed by atoms with E-state index in [0.29, 0.717) is 23.7 Å². The number of carbonyl (C=O) groups is 1. The fourth-order valence-electron chi connectivity index (χ4n) is 4.25. The molecule has 0 radical (unpaired) electrons. The summed E-state index contributed by atoms with van der Waals surface area (Å²) >= 11 is 3.52. The molecule has 1 atom stereocenters. The van der Waals surface area contributed by atoms with E-state index in [9.17, 15) is 4.79 Å². The summed E-state index contributed by atoms with van der Waals surface area (Å²) in [4.78, 5) is 13.3. The lowest BCUT2D eigenvalue weighted by molar-refractivity contribution is 0.102. The van der Waals surface area contributed by atoms with Crippen LogP contribution in [0.4, 0.5) is 11.5 Å². The normalized spacial score (nSPS) is 14.4. The van der Waals surface area contributed by atoms with Crippen molar-refractivity contribution in [2.24, 2.45) is 0 Å². The van der Waals surface area contributed by atoms with E-state index < -0.39 is 0 Å². The molecule has 0 saturated carbocycles. The molecule has 2 heterocycles. The zero-order valence-electron chi connectivity index (χ0n) is 20.2. The number of carbonyl (C=O) groups excluding carboxylic acids is 1. The molecular formula is C29H27BrN4O2.